The number of aryl methyl sites for hydroxylation is 4. The van der Waals surface area contributed by atoms with Crippen molar-refractivity contribution in [2.75, 3.05) is 26.5 Å². The van der Waals surface area contributed by atoms with Crippen molar-refractivity contribution in [1.29, 1.82) is 0 Å². The van der Waals surface area contributed by atoms with Gasteiger partial charge in [0.2, 0.25) is 6.49 Å². The van der Waals surface area contributed by atoms with E-state index in [9.17, 15) is 41.0 Å². The first-order valence-electron chi connectivity index (χ1n) is 15.9. The van der Waals surface area contributed by atoms with E-state index >= 15 is 0 Å². The Hall–Kier alpha value is -0.990. The van der Waals surface area contributed by atoms with Crippen LogP contribution in [0.3, 0.4) is 0 Å². The number of aliphatic hydroxyl groups excluding tert-OH is 1. The normalized spacial score (nSPS) is 18.7. The first-order valence-corrected chi connectivity index (χ1v) is 25.2. The second-order valence-electron chi connectivity index (χ2n) is 13.8. The molecule has 21 heteroatoms. The Bertz CT molecular complexity index is 1960. The van der Waals surface area contributed by atoms with Crippen molar-refractivity contribution >= 4 is 115 Å². The quantitative estimate of drug-likeness (QED) is 0.136. The zero-order chi connectivity index (χ0) is 42.9. The maximum absolute atomic E-state index is 12.7. The summed E-state index contributed by atoms with van der Waals surface area (Å²) < 4.78 is 88.6. The lowest BCUT2D eigenvalue weighted by molar-refractivity contribution is -0.153. The zero-order valence-electron chi connectivity index (χ0n) is 31.3. The zero-order valence-corrected chi connectivity index (χ0v) is 39.8. The largest absolute Gasteiger partial charge is 0.509 e. The first-order chi connectivity index (χ1) is 24.6. The molecule has 2 aromatic carbocycles. The number of hydrogen-bond acceptors (Lipinski definition) is 8. The number of carbonyl (C=O) groups excluding carboxylic acids is 2. The van der Waals surface area contributed by atoms with Crippen molar-refractivity contribution in [2.45, 2.75) is 78.8 Å². The van der Waals surface area contributed by atoms with Gasteiger partial charge in [-0.05, 0) is 170 Å². The van der Waals surface area contributed by atoms with Crippen LogP contribution in [-0.2, 0) is 46.8 Å². The van der Waals surface area contributed by atoms with E-state index in [1.807, 2.05) is 52.0 Å². The van der Waals surface area contributed by atoms with Crippen molar-refractivity contribution in [3.63, 3.8) is 0 Å². The van der Waals surface area contributed by atoms with E-state index in [4.69, 9.17) is 32.1 Å². The summed E-state index contributed by atoms with van der Waals surface area (Å²) in [6.45, 7) is 11.1. The monoisotopic (exact) mass is 1100 g/mol. The van der Waals surface area contributed by atoms with E-state index in [0.29, 0.717) is 11.1 Å². The van der Waals surface area contributed by atoms with E-state index in [-0.39, 0.29) is 28.9 Å². The Morgan fingerprint density at radius 3 is 1.40 bits per heavy atom. The number of carbonyl (C=O) groups is 2. The van der Waals surface area contributed by atoms with Gasteiger partial charge in [-0.15, -0.1) is 0 Å². The molecule has 2 aliphatic heterocycles. The molecule has 0 bridgehead atoms. The standard InChI is InChI=1S/C17H20F3INO3PS.C14H16INO2.C3H5ClF3OPS/c1-9-6-11(21)7-10(2)12(9)13-14(16(3,4)22-15(13)23)25-26(5,27)24-8-17(18,19)20;1-7-5-9(15)6-8(2)10(7)11-12(17)14(3,4)16-13(11)18;1-9(4,10)8-2-3(5,6)7/h6-7H,8H2,1-5H3,(H,22,23);5-6,17H,1-4H3,(H,16,18);2H2,1H3. The predicted molar refractivity (Wildman–Crippen MR) is 230 cm³/mol. The predicted octanol–water partition coefficient (Wildman–Crippen LogP) is 10.9. The average Bonchev–Trinajstić information content (AvgIpc) is 3.30. The molecule has 0 saturated heterocycles. The minimum absolute atomic E-state index is 0.125. The topological polar surface area (TPSA) is 106 Å². The van der Waals surface area contributed by atoms with Crippen molar-refractivity contribution < 1.29 is 54.6 Å². The number of amides is 2. The van der Waals surface area contributed by atoms with Crippen LogP contribution in [0.25, 0.3) is 11.1 Å². The molecule has 2 aliphatic rings. The molecule has 0 aliphatic carbocycles. The number of benzene rings is 2. The summed E-state index contributed by atoms with van der Waals surface area (Å²) in [5.74, 6) is -0.217. The van der Waals surface area contributed by atoms with Crippen LogP contribution in [0, 0.1) is 34.8 Å². The minimum Gasteiger partial charge on any atom is -0.509 e. The lowest BCUT2D eigenvalue weighted by atomic mass is 9.93. The highest BCUT2D eigenvalue weighted by atomic mass is 127. The van der Waals surface area contributed by atoms with Gasteiger partial charge in [0, 0.05) is 20.5 Å². The Labute approximate surface area is 359 Å². The molecule has 2 amide bonds. The molecule has 0 spiro atoms. The molecule has 2 aromatic rings. The van der Waals surface area contributed by atoms with Gasteiger partial charge in [0.25, 0.3) is 11.8 Å². The molecule has 0 fully saturated rings. The van der Waals surface area contributed by atoms with Gasteiger partial charge < -0.3 is 29.3 Å². The molecule has 3 N–H and O–H groups in total. The van der Waals surface area contributed by atoms with Gasteiger partial charge in [-0.1, -0.05) is 23.0 Å². The molecule has 55 heavy (non-hydrogen) atoms. The van der Waals surface area contributed by atoms with Crippen LogP contribution in [0.1, 0.15) is 61.1 Å². The van der Waals surface area contributed by atoms with Crippen molar-refractivity contribution in [1.82, 2.24) is 10.6 Å². The molecule has 0 aromatic heterocycles. The number of nitrogens with one attached hydrogen (secondary N) is 2. The number of hydrogen-bond donors (Lipinski definition) is 3. The van der Waals surface area contributed by atoms with E-state index in [0.717, 1.165) is 35.0 Å². The molecule has 2 heterocycles. The van der Waals surface area contributed by atoms with Crippen LogP contribution in [0.4, 0.5) is 26.3 Å². The Kier molecular flexibility index (Phi) is 16.9. The summed E-state index contributed by atoms with van der Waals surface area (Å²) >= 11 is 19.3. The number of rotatable bonds is 8. The van der Waals surface area contributed by atoms with Gasteiger partial charge in [-0.2, -0.15) is 26.3 Å². The van der Waals surface area contributed by atoms with E-state index in [1.54, 1.807) is 27.7 Å². The highest BCUT2D eigenvalue weighted by Crippen LogP contribution is 2.52. The van der Waals surface area contributed by atoms with Gasteiger partial charge in [-0.3, -0.25) is 9.59 Å². The molecule has 0 saturated carbocycles. The highest BCUT2D eigenvalue weighted by Gasteiger charge is 2.44. The van der Waals surface area contributed by atoms with Crippen molar-refractivity contribution in [3.05, 3.63) is 76.3 Å². The fourth-order valence-corrected chi connectivity index (χ4v) is 9.46. The lowest BCUT2D eigenvalue weighted by Crippen LogP contribution is -2.38. The fraction of sp³-hybridized carbons (Fsp3) is 0.471. The number of halogens is 9. The molecular weight excluding hydrogens is 1060 g/mol. The minimum atomic E-state index is -4.51. The molecule has 308 valence electrons. The van der Waals surface area contributed by atoms with Crippen LogP contribution in [0.5, 0.6) is 0 Å². The molecule has 2 unspecified atom stereocenters. The highest BCUT2D eigenvalue weighted by molar-refractivity contribution is 14.1. The summed E-state index contributed by atoms with van der Waals surface area (Å²) in [6, 6.07) is 7.88. The van der Waals surface area contributed by atoms with Gasteiger partial charge in [0.05, 0.1) is 22.2 Å². The van der Waals surface area contributed by atoms with Crippen LogP contribution >= 0.6 is 68.5 Å². The molecule has 2 atom stereocenters. The fourth-order valence-electron chi connectivity index (χ4n) is 5.44. The van der Waals surface area contributed by atoms with Crippen LogP contribution in [0.15, 0.2) is 35.8 Å². The van der Waals surface area contributed by atoms with E-state index in [2.05, 4.69) is 72.1 Å². The molecule has 8 nitrogen and oxygen atoms in total. The summed E-state index contributed by atoms with van der Waals surface area (Å²) in [5, 5.41) is 15.9. The van der Waals surface area contributed by atoms with E-state index < -0.39 is 48.8 Å². The second-order valence-corrected chi connectivity index (χ2v) is 26.6. The van der Waals surface area contributed by atoms with E-state index in [1.165, 1.54) is 13.3 Å². The van der Waals surface area contributed by atoms with Crippen molar-refractivity contribution in [3.8, 4) is 0 Å². The van der Waals surface area contributed by atoms with Crippen LogP contribution in [-0.4, -0.2) is 66.9 Å². The summed E-state index contributed by atoms with van der Waals surface area (Å²) in [4.78, 5) is 24.8. The van der Waals surface area contributed by atoms with Gasteiger partial charge >= 0.3 is 12.4 Å². The van der Waals surface area contributed by atoms with Crippen molar-refractivity contribution in [2.24, 2.45) is 0 Å². The third kappa shape index (κ3) is 15.0. The maximum Gasteiger partial charge on any atom is 0.412 e. The molecular formula is C34H41ClF6I2N2O6P2S2. The lowest BCUT2D eigenvalue weighted by Gasteiger charge is -2.28. The van der Waals surface area contributed by atoms with Crippen LogP contribution < -0.4 is 10.6 Å². The van der Waals surface area contributed by atoms with Gasteiger partial charge in [0.15, 0.2) is 6.61 Å². The van der Waals surface area contributed by atoms with Gasteiger partial charge in [0.1, 0.15) is 23.7 Å². The Morgan fingerprint density at radius 1 is 0.727 bits per heavy atom. The third-order valence-corrected chi connectivity index (χ3v) is 11.7. The Balaban J connectivity index is 0.000000320. The van der Waals surface area contributed by atoms with Crippen LogP contribution in [0.2, 0.25) is 0 Å². The average molecular weight is 1100 g/mol. The maximum atomic E-state index is 12.7. The number of alkyl halides is 6. The smallest absolute Gasteiger partial charge is 0.412 e. The second kappa shape index (κ2) is 18.5. The summed E-state index contributed by atoms with van der Waals surface area (Å²) in [6.07, 6.45) is -8.85. The molecule has 0 radical (unpaired) electrons. The third-order valence-electron chi connectivity index (χ3n) is 7.60. The summed E-state index contributed by atoms with van der Waals surface area (Å²) in [7, 11) is 0. The molecule has 4 rings (SSSR count). The summed E-state index contributed by atoms with van der Waals surface area (Å²) in [5.41, 5.74) is 1.70. The first kappa shape index (κ1) is 50.2. The number of aliphatic hydroxyl groups is 1. The van der Waals surface area contributed by atoms with Gasteiger partial charge in [-0.25, -0.2) is 0 Å². The Morgan fingerprint density at radius 2 is 1.07 bits per heavy atom. The SMILES string of the molecule is CP(=S)(Cl)OCC(F)(F)F.Cc1cc(I)cc(C)c1C1=C(O)C(C)(C)NC1=O.Cc1cc(I)cc(C)c1C1=C(OP(C)(=S)OCC(F)(F)F)C(C)(C)NC1=O.